The molecule has 1 N–H and O–H groups in total. The highest BCUT2D eigenvalue weighted by Crippen LogP contribution is 2.26. The summed E-state index contributed by atoms with van der Waals surface area (Å²) in [4.78, 5) is 34.5. The van der Waals surface area contributed by atoms with Gasteiger partial charge in [-0.2, -0.15) is 0 Å². The van der Waals surface area contributed by atoms with Crippen molar-refractivity contribution in [3.05, 3.63) is 0 Å². The first kappa shape index (κ1) is 15.1. The Morgan fingerprint density at radius 2 is 2.00 bits per heavy atom. The molecule has 3 aliphatic rings. The average Bonchev–Trinajstić information content (AvgIpc) is 2.91. The van der Waals surface area contributed by atoms with Crippen LogP contribution in [0.5, 0.6) is 0 Å². The normalized spacial score (nSPS) is 28.6. The van der Waals surface area contributed by atoms with Crippen molar-refractivity contribution in [3.63, 3.8) is 0 Å². The van der Waals surface area contributed by atoms with Crippen LogP contribution in [0.2, 0.25) is 0 Å². The molecular formula is C14H23N5O3. The van der Waals surface area contributed by atoms with E-state index < -0.39 is 12.2 Å². The number of nitrogens with zero attached hydrogens (tertiary/aromatic N) is 4. The molecule has 2 saturated heterocycles. The van der Waals surface area contributed by atoms with Gasteiger partial charge in [0.05, 0.1) is 6.61 Å². The number of piperidine rings is 1. The molecule has 0 aromatic rings. The van der Waals surface area contributed by atoms with Crippen molar-refractivity contribution in [2.24, 2.45) is 4.99 Å². The number of nitrogens with one attached hydrogen (secondary N) is 1. The number of carbonyl (C=O) groups excluding carboxylic acids is 2. The highest BCUT2D eigenvalue weighted by molar-refractivity contribution is 6.03. The van der Waals surface area contributed by atoms with Crippen LogP contribution in [-0.4, -0.2) is 85.2 Å². The van der Waals surface area contributed by atoms with Crippen molar-refractivity contribution in [3.8, 4) is 0 Å². The fraction of sp³-hybridized carbons (Fsp3) is 0.786. The van der Waals surface area contributed by atoms with Crippen LogP contribution in [0.25, 0.3) is 0 Å². The van der Waals surface area contributed by atoms with Gasteiger partial charge in [0.1, 0.15) is 0 Å². The molecule has 2 atom stereocenters. The molecule has 0 aliphatic carbocycles. The van der Waals surface area contributed by atoms with Gasteiger partial charge in [-0.25, -0.2) is 9.79 Å². The van der Waals surface area contributed by atoms with Gasteiger partial charge in [-0.05, 0) is 19.3 Å². The Balaban J connectivity index is 1.87. The van der Waals surface area contributed by atoms with Crippen molar-refractivity contribution in [2.75, 3.05) is 40.4 Å². The number of guanidine groups is 1. The van der Waals surface area contributed by atoms with Gasteiger partial charge in [0, 0.05) is 33.8 Å². The second kappa shape index (κ2) is 6.12. The lowest BCUT2D eigenvalue weighted by Crippen LogP contribution is -2.64. The Hall–Kier alpha value is -1.83. The van der Waals surface area contributed by atoms with E-state index in [0.717, 1.165) is 31.9 Å². The van der Waals surface area contributed by atoms with Crippen LogP contribution < -0.4 is 5.32 Å². The molecule has 122 valence electrons. The summed E-state index contributed by atoms with van der Waals surface area (Å²) >= 11 is 0. The number of urea groups is 1. The number of likely N-dealkylation sites (N-methyl/N-ethyl adjacent to an activating group) is 1. The lowest BCUT2D eigenvalue weighted by atomic mass is 10.1. The molecule has 2 unspecified atom stereocenters. The molecule has 8 nitrogen and oxygen atoms in total. The average molecular weight is 309 g/mol. The summed E-state index contributed by atoms with van der Waals surface area (Å²) in [6.45, 7) is 2.99. The smallest absolute Gasteiger partial charge is 0.325 e. The van der Waals surface area contributed by atoms with E-state index in [9.17, 15) is 9.59 Å². The summed E-state index contributed by atoms with van der Waals surface area (Å²) in [6.07, 6.45) is 3.05. The van der Waals surface area contributed by atoms with E-state index in [2.05, 4.69) is 10.2 Å². The monoisotopic (exact) mass is 309 g/mol. The Labute approximate surface area is 130 Å². The summed E-state index contributed by atoms with van der Waals surface area (Å²) in [5, 5.41) is 2.40. The van der Waals surface area contributed by atoms with Crippen molar-refractivity contribution >= 4 is 17.9 Å². The number of likely N-dealkylation sites (tertiary alicyclic amines) is 1. The van der Waals surface area contributed by atoms with Gasteiger partial charge in [0.15, 0.2) is 18.2 Å². The maximum Gasteiger partial charge on any atom is 0.325 e. The molecule has 2 fully saturated rings. The molecule has 3 rings (SSSR count). The second-order valence-corrected chi connectivity index (χ2v) is 5.93. The molecule has 0 aromatic heterocycles. The summed E-state index contributed by atoms with van der Waals surface area (Å²) < 4.78 is 5.17. The molecule has 0 radical (unpaired) electrons. The SMILES string of the molecule is COCCN1C(N2CCCCC2)=NC2C1C(=O)NC(=O)N2C. The lowest BCUT2D eigenvalue weighted by molar-refractivity contribution is -0.127. The topological polar surface area (TPSA) is 77.5 Å². The minimum Gasteiger partial charge on any atom is -0.383 e. The number of hydrogen-bond donors (Lipinski definition) is 1. The van der Waals surface area contributed by atoms with Gasteiger partial charge in [-0.1, -0.05) is 0 Å². The molecule has 22 heavy (non-hydrogen) atoms. The maximum atomic E-state index is 12.3. The highest BCUT2D eigenvalue weighted by Gasteiger charge is 2.49. The molecule has 0 bridgehead atoms. The minimum absolute atomic E-state index is 0.278. The standard InChI is InChI=1S/C14H23N5O3/c1-17-11-10(12(20)16-14(17)21)19(8-9-22-2)13(15-11)18-6-4-3-5-7-18/h10-11H,3-9H2,1-2H3,(H,16,20,21). The first-order chi connectivity index (χ1) is 10.6. The number of imide groups is 1. The quantitative estimate of drug-likeness (QED) is 0.772. The number of fused-ring (bicyclic) bond motifs is 1. The van der Waals surface area contributed by atoms with Gasteiger partial charge in [0.25, 0.3) is 5.91 Å². The molecule has 3 heterocycles. The lowest BCUT2D eigenvalue weighted by Gasteiger charge is -2.38. The van der Waals surface area contributed by atoms with Crippen molar-refractivity contribution < 1.29 is 14.3 Å². The first-order valence-corrected chi connectivity index (χ1v) is 7.79. The Bertz CT molecular complexity index is 489. The number of aliphatic imine (C=N–C) groups is 1. The number of methoxy groups -OCH3 is 1. The van der Waals surface area contributed by atoms with E-state index in [1.54, 1.807) is 14.2 Å². The Kier molecular flexibility index (Phi) is 4.19. The third kappa shape index (κ3) is 2.51. The Morgan fingerprint density at radius 3 is 2.68 bits per heavy atom. The second-order valence-electron chi connectivity index (χ2n) is 5.93. The maximum absolute atomic E-state index is 12.3. The predicted octanol–water partition coefficient (Wildman–Crippen LogP) is -0.333. The highest BCUT2D eigenvalue weighted by atomic mass is 16.5. The van der Waals surface area contributed by atoms with Crippen molar-refractivity contribution in [1.82, 2.24) is 20.0 Å². The van der Waals surface area contributed by atoms with E-state index in [0.29, 0.717) is 13.2 Å². The number of rotatable bonds is 3. The van der Waals surface area contributed by atoms with E-state index in [1.165, 1.54) is 11.3 Å². The molecule has 8 heteroatoms. The van der Waals surface area contributed by atoms with Crippen molar-refractivity contribution in [2.45, 2.75) is 31.5 Å². The summed E-state index contributed by atoms with van der Waals surface area (Å²) in [5.41, 5.74) is 0. The van der Waals surface area contributed by atoms with Crippen LogP contribution in [0.4, 0.5) is 4.79 Å². The van der Waals surface area contributed by atoms with E-state index in [1.807, 2.05) is 4.90 Å². The third-order valence-corrected chi connectivity index (χ3v) is 4.51. The van der Waals surface area contributed by atoms with Crippen LogP contribution in [0.3, 0.4) is 0 Å². The van der Waals surface area contributed by atoms with Crippen LogP contribution >= 0.6 is 0 Å². The fourth-order valence-electron chi connectivity index (χ4n) is 3.30. The predicted molar refractivity (Wildman–Crippen MR) is 80.3 cm³/mol. The van der Waals surface area contributed by atoms with E-state index in [-0.39, 0.29) is 11.9 Å². The van der Waals surface area contributed by atoms with Gasteiger partial charge >= 0.3 is 6.03 Å². The van der Waals surface area contributed by atoms with Crippen LogP contribution in [0.1, 0.15) is 19.3 Å². The molecule has 3 amide bonds. The van der Waals surface area contributed by atoms with Gasteiger partial charge in [0.2, 0.25) is 0 Å². The van der Waals surface area contributed by atoms with Crippen molar-refractivity contribution in [1.29, 1.82) is 0 Å². The van der Waals surface area contributed by atoms with Gasteiger partial charge in [-0.15, -0.1) is 0 Å². The number of amides is 3. The summed E-state index contributed by atoms with van der Waals surface area (Å²) in [5.74, 6) is 0.545. The zero-order chi connectivity index (χ0) is 15.7. The molecule has 0 saturated carbocycles. The number of ether oxygens (including phenoxy) is 1. The zero-order valence-electron chi connectivity index (χ0n) is 13.1. The van der Waals surface area contributed by atoms with Crippen LogP contribution in [0.15, 0.2) is 4.99 Å². The van der Waals surface area contributed by atoms with Gasteiger partial charge in [-0.3, -0.25) is 10.1 Å². The first-order valence-electron chi connectivity index (χ1n) is 7.79. The Morgan fingerprint density at radius 1 is 1.27 bits per heavy atom. The molecular weight excluding hydrogens is 286 g/mol. The molecule has 0 aromatic carbocycles. The van der Waals surface area contributed by atoms with Crippen LogP contribution in [0, 0.1) is 0 Å². The minimum atomic E-state index is -0.463. The van der Waals surface area contributed by atoms with Crippen LogP contribution in [-0.2, 0) is 9.53 Å². The number of hydrogen-bond acceptors (Lipinski definition) is 6. The molecule has 0 spiro atoms. The number of carbonyl (C=O) groups is 2. The zero-order valence-corrected chi connectivity index (χ0v) is 13.1. The molecule has 3 aliphatic heterocycles. The van der Waals surface area contributed by atoms with E-state index in [4.69, 9.17) is 9.73 Å². The van der Waals surface area contributed by atoms with E-state index >= 15 is 0 Å². The fourth-order valence-corrected chi connectivity index (χ4v) is 3.30. The van der Waals surface area contributed by atoms with Gasteiger partial charge < -0.3 is 19.4 Å². The third-order valence-electron chi connectivity index (χ3n) is 4.51. The largest absolute Gasteiger partial charge is 0.383 e. The summed E-state index contributed by atoms with van der Waals surface area (Å²) in [7, 11) is 3.32. The summed E-state index contributed by atoms with van der Waals surface area (Å²) in [6, 6.07) is -0.851.